The second kappa shape index (κ2) is 9.09. The van der Waals surface area contributed by atoms with Crippen LogP contribution in [0.1, 0.15) is 29.3 Å². The van der Waals surface area contributed by atoms with Crippen LogP contribution in [0.4, 0.5) is 5.82 Å². The molecule has 3 N–H and O–H groups in total. The summed E-state index contributed by atoms with van der Waals surface area (Å²) < 4.78 is 1.94. The molecule has 1 aliphatic heterocycles. The number of carbonyl (C=O) groups is 2. The van der Waals surface area contributed by atoms with Crippen molar-refractivity contribution in [3.63, 3.8) is 0 Å². The summed E-state index contributed by atoms with van der Waals surface area (Å²) in [5.41, 5.74) is 10.8. The second-order valence-corrected chi connectivity index (χ2v) is 7.03. The number of fused-ring (bicyclic) bond motifs is 1. The molecule has 31 heavy (non-hydrogen) atoms. The maximum Gasteiger partial charge on any atom is 0.290 e. The Morgan fingerprint density at radius 2 is 2.13 bits per heavy atom. The lowest BCUT2D eigenvalue weighted by molar-refractivity contribution is -0.129. The van der Waals surface area contributed by atoms with E-state index in [1.54, 1.807) is 18.0 Å². The number of nitrogen functional groups attached to an aromatic ring is 1. The summed E-state index contributed by atoms with van der Waals surface area (Å²) in [6.45, 7) is 4.32. The molecule has 0 saturated heterocycles. The highest BCUT2D eigenvalue weighted by atomic mass is 16.3. The molecule has 3 aromatic heterocycles. The van der Waals surface area contributed by atoms with Gasteiger partial charge in [0.2, 0.25) is 5.91 Å². The molecule has 9 heteroatoms. The first-order valence-corrected chi connectivity index (χ1v) is 9.56. The van der Waals surface area contributed by atoms with Crippen LogP contribution in [0.2, 0.25) is 0 Å². The third kappa shape index (κ3) is 4.23. The molecule has 0 aliphatic carbocycles. The van der Waals surface area contributed by atoms with Crippen LogP contribution >= 0.6 is 0 Å². The second-order valence-electron chi connectivity index (χ2n) is 7.03. The van der Waals surface area contributed by atoms with Crippen LogP contribution in [0.5, 0.6) is 0 Å². The molecule has 1 amide bonds. The molecule has 0 fully saturated rings. The highest BCUT2D eigenvalue weighted by Gasteiger charge is 2.27. The van der Waals surface area contributed by atoms with Crippen LogP contribution in [0.3, 0.4) is 0 Å². The molecule has 0 radical (unpaired) electrons. The van der Waals surface area contributed by atoms with Gasteiger partial charge in [-0.1, -0.05) is 0 Å². The zero-order chi connectivity index (χ0) is 22.5. The zero-order valence-corrected chi connectivity index (χ0v) is 17.2. The zero-order valence-electron chi connectivity index (χ0n) is 17.2. The minimum atomic E-state index is -0.250. The van der Waals surface area contributed by atoms with Gasteiger partial charge in [0.15, 0.2) is 0 Å². The van der Waals surface area contributed by atoms with E-state index in [0.717, 1.165) is 33.9 Å². The van der Waals surface area contributed by atoms with Crippen LogP contribution in [0, 0.1) is 18.3 Å². The van der Waals surface area contributed by atoms with Crippen LogP contribution in [0.25, 0.3) is 17.1 Å². The molecule has 0 saturated carbocycles. The van der Waals surface area contributed by atoms with Gasteiger partial charge in [-0.25, -0.2) is 9.97 Å². The fourth-order valence-corrected chi connectivity index (χ4v) is 3.68. The van der Waals surface area contributed by atoms with Crippen molar-refractivity contribution in [2.45, 2.75) is 26.8 Å². The van der Waals surface area contributed by atoms with Gasteiger partial charge in [0, 0.05) is 50.0 Å². The van der Waals surface area contributed by atoms with Crippen LogP contribution in [-0.2, 0) is 22.6 Å². The number of nitrogens with zero attached hydrogens (tertiary/aromatic N) is 5. The molecule has 0 atom stereocenters. The molecule has 0 aromatic carbocycles. The summed E-state index contributed by atoms with van der Waals surface area (Å²) in [7, 11) is 0. The van der Waals surface area contributed by atoms with Gasteiger partial charge >= 0.3 is 0 Å². The Hall–Kier alpha value is -4.19. The Morgan fingerprint density at radius 1 is 1.39 bits per heavy atom. The van der Waals surface area contributed by atoms with Crippen molar-refractivity contribution < 1.29 is 14.7 Å². The fourth-order valence-electron chi connectivity index (χ4n) is 3.68. The molecule has 4 heterocycles. The third-order valence-electron chi connectivity index (χ3n) is 5.09. The first-order chi connectivity index (χ1) is 14.9. The van der Waals surface area contributed by atoms with Gasteiger partial charge in [0.1, 0.15) is 23.3 Å². The Morgan fingerprint density at radius 3 is 2.77 bits per heavy atom. The van der Waals surface area contributed by atoms with E-state index in [0.29, 0.717) is 25.1 Å². The van der Waals surface area contributed by atoms with Gasteiger partial charge in [-0.3, -0.25) is 9.59 Å². The smallest absolute Gasteiger partial charge is 0.290 e. The van der Waals surface area contributed by atoms with E-state index in [1.165, 1.54) is 0 Å². The summed E-state index contributed by atoms with van der Waals surface area (Å²) in [5.74, 6) is 0.979. The van der Waals surface area contributed by atoms with E-state index in [9.17, 15) is 10.1 Å². The van der Waals surface area contributed by atoms with Crippen molar-refractivity contribution in [2.75, 3.05) is 12.3 Å². The van der Waals surface area contributed by atoms with Crippen molar-refractivity contribution in [2.24, 2.45) is 0 Å². The van der Waals surface area contributed by atoms with E-state index < -0.39 is 0 Å². The average molecular weight is 418 g/mol. The number of amides is 1. The Labute approximate surface area is 179 Å². The van der Waals surface area contributed by atoms with Crippen molar-refractivity contribution in [1.82, 2.24) is 19.4 Å². The molecule has 0 spiro atoms. The van der Waals surface area contributed by atoms with Gasteiger partial charge in [-0.2, -0.15) is 5.26 Å². The van der Waals surface area contributed by atoms with Gasteiger partial charge in [0.05, 0.1) is 11.4 Å². The first kappa shape index (κ1) is 21.5. The van der Waals surface area contributed by atoms with Crippen LogP contribution < -0.4 is 5.73 Å². The van der Waals surface area contributed by atoms with Gasteiger partial charge < -0.3 is 20.3 Å². The molecule has 0 unspecified atom stereocenters. The number of carboxylic acid groups (broad SMARTS) is 1. The molecule has 0 bridgehead atoms. The van der Waals surface area contributed by atoms with Gasteiger partial charge in [-0.05, 0) is 36.8 Å². The molecular formula is C22H22N6O3. The lowest BCUT2D eigenvalue weighted by Crippen LogP contribution is -2.35. The minimum Gasteiger partial charge on any atom is -0.483 e. The monoisotopic (exact) mass is 418 g/mol. The molecular weight excluding hydrogens is 396 g/mol. The predicted molar refractivity (Wildman–Crippen MR) is 114 cm³/mol. The number of hydrogen-bond donors (Lipinski definition) is 2. The number of nitrogens with two attached hydrogens (primary N) is 1. The molecule has 158 valence electrons. The largest absolute Gasteiger partial charge is 0.483 e. The molecule has 9 nitrogen and oxygen atoms in total. The van der Waals surface area contributed by atoms with E-state index in [-0.39, 0.29) is 18.2 Å². The van der Waals surface area contributed by atoms with E-state index >= 15 is 0 Å². The predicted octanol–water partition coefficient (Wildman–Crippen LogP) is 2.30. The van der Waals surface area contributed by atoms with Crippen molar-refractivity contribution in [3.8, 4) is 23.1 Å². The standard InChI is InChI=1S/C21H20N6O.CH2O2/c1-13-5-7-24-19(10-13)27-8-3-4-18(27)20-15(11-22)21(23)25-17-6-9-26(14(2)28)12-16(17)20;2-1-3/h3-5,7-8,10H,6,9,12H2,1-2H3,(H2,23,25);1H,(H,2,3). The maximum absolute atomic E-state index is 12.0. The van der Waals surface area contributed by atoms with E-state index in [1.807, 2.05) is 42.0 Å². The first-order valence-electron chi connectivity index (χ1n) is 9.56. The van der Waals surface area contributed by atoms with E-state index in [4.69, 9.17) is 15.6 Å². The summed E-state index contributed by atoms with van der Waals surface area (Å²) in [6.07, 6.45) is 4.28. The SMILES string of the molecule is CC(=O)N1CCc2nc(N)c(C#N)c(-c3cccn3-c3cc(C)ccn3)c2C1.O=CO. The summed E-state index contributed by atoms with van der Waals surface area (Å²) in [5, 5.41) is 16.7. The molecule has 3 aromatic rings. The van der Waals surface area contributed by atoms with Gasteiger partial charge in [-0.15, -0.1) is 0 Å². The highest BCUT2D eigenvalue weighted by molar-refractivity contribution is 5.80. The quantitative estimate of drug-likeness (QED) is 0.609. The number of rotatable bonds is 2. The van der Waals surface area contributed by atoms with Crippen LogP contribution in [0.15, 0.2) is 36.7 Å². The van der Waals surface area contributed by atoms with Crippen LogP contribution in [-0.4, -0.2) is 43.5 Å². The summed E-state index contributed by atoms with van der Waals surface area (Å²) in [6, 6.07) is 9.98. The molecule has 4 rings (SSSR count). The number of hydrogen-bond acceptors (Lipinski definition) is 6. The van der Waals surface area contributed by atoms with Gasteiger partial charge in [0.25, 0.3) is 6.47 Å². The number of aryl methyl sites for hydroxylation is 1. The number of nitriles is 1. The fraction of sp³-hybridized carbons (Fsp3) is 0.227. The summed E-state index contributed by atoms with van der Waals surface area (Å²) in [4.78, 5) is 31.0. The summed E-state index contributed by atoms with van der Waals surface area (Å²) >= 11 is 0. The van der Waals surface area contributed by atoms with Crippen molar-refractivity contribution >= 4 is 18.2 Å². The van der Waals surface area contributed by atoms with Crippen molar-refractivity contribution in [3.05, 3.63) is 59.0 Å². The normalized spacial score (nSPS) is 12.2. The Balaban J connectivity index is 0.000000858. The highest BCUT2D eigenvalue weighted by Crippen LogP contribution is 2.36. The molecule has 1 aliphatic rings. The number of carbonyl (C=O) groups excluding carboxylic acids is 1. The lowest BCUT2D eigenvalue weighted by atomic mass is 9.93. The van der Waals surface area contributed by atoms with E-state index in [2.05, 4.69) is 16.0 Å². The lowest BCUT2D eigenvalue weighted by Gasteiger charge is -2.30. The minimum absolute atomic E-state index is 0.00247. The third-order valence-corrected chi connectivity index (χ3v) is 5.09. The van der Waals surface area contributed by atoms with Crippen molar-refractivity contribution in [1.29, 1.82) is 5.26 Å². The number of aromatic nitrogens is 3. The maximum atomic E-state index is 12.0. The Kier molecular flexibility index (Phi) is 6.31. The Bertz CT molecular complexity index is 1180. The number of anilines is 1. The number of pyridine rings is 2. The average Bonchev–Trinajstić information content (AvgIpc) is 3.22. The topological polar surface area (TPSA) is 138 Å².